The molecule has 0 aliphatic heterocycles. The van der Waals surface area contributed by atoms with E-state index in [0.29, 0.717) is 12.1 Å². The van der Waals surface area contributed by atoms with E-state index in [1.165, 1.54) is 6.42 Å². The van der Waals surface area contributed by atoms with Crippen LogP contribution in [0.25, 0.3) is 5.69 Å². The molecule has 1 aromatic heterocycles. The molecule has 1 aliphatic carbocycles. The predicted octanol–water partition coefficient (Wildman–Crippen LogP) is 2.30. The van der Waals surface area contributed by atoms with Crippen LogP contribution in [-0.2, 0) is 0 Å². The Morgan fingerprint density at radius 1 is 1.27 bits per heavy atom. The van der Waals surface area contributed by atoms with E-state index in [1.54, 1.807) is 23.0 Å². The van der Waals surface area contributed by atoms with Gasteiger partial charge in [-0.15, -0.1) is 0 Å². The number of aliphatic hydroxyl groups is 1. The average molecular weight is 299 g/mol. The van der Waals surface area contributed by atoms with Gasteiger partial charge in [-0.05, 0) is 37.1 Å². The van der Waals surface area contributed by atoms with Gasteiger partial charge in [0.05, 0.1) is 11.3 Å². The number of nitrogens with zero attached hydrogens (tertiary/aromatic N) is 2. The Kier molecular flexibility index (Phi) is 4.24. The summed E-state index contributed by atoms with van der Waals surface area (Å²) in [7, 11) is 0. The fourth-order valence-electron chi connectivity index (χ4n) is 2.94. The molecule has 0 bridgehead atoms. The van der Waals surface area contributed by atoms with Crippen molar-refractivity contribution < 1.29 is 9.90 Å². The van der Waals surface area contributed by atoms with Crippen molar-refractivity contribution in [3.05, 3.63) is 48.3 Å². The minimum atomic E-state index is -0.743. The second kappa shape index (κ2) is 6.32. The van der Waals surface area contributed by atoms with Gasteiger partial charge in [0.1, 0.15) is 0 Å². The lowest BCUT2D eigenvalue weighted by molar-refractivity contribution is 0.00526. The largest absolute Gasteiger partial charge is 0.388 e. The molecule has 0 atom stereocenters. The maximum atomic E-state index is 12.3. The summed E-state index contributed by atoms with van der Waals surface area (Å²) in [6.07, 6.45) is 8.29. The van der Waals surface area contributed by atoms with Crippen molar-refractivity contribution in [3.63, 3.8) is 0 Å². The lowest BCUT2D eigenvalue weighted by atomic mass is 9.85. The second-order valence-electron chi connectivity index (χ2n) is 5.97. The van der Waals surface area contributed by atoms with Gasteiger partial charge in [-0.2, -0.15) is 5.10 Å². The highest BCUT2D eigenvalue weighted by Crippen LogP contribution is 2.27. The van der Waals surface area contributed by atoms with Crippen molar-refractivity contribution >= 4 is 5.91 Å². The number of hydrogen-bond donors (Lipinski definition) is 2. The van der Waals surface area contributed by atoms with E-state index in [4.69, 9.17) is 0 Å². The Morgan fingerprint density at radius 3 is 2.82 bits per heavy atom. The van der Waals surface area contributed by atoms with E-state index in [0.717, 1.165) is 31.4 Å². The van der Waals surface area contributed by atoms with Gasteiger partial charge in [0.15, 0.2) is 0 Å². The Morgan fingerprint density at radius 2 is 2.09 bits per heavy atom. The monoisotopic (exact) mass is 299 g/mol. The van der Waals surface area contributed by atoms with Gasteiger partial charge in [-0.25, -0.2) is 4.68 Å². The number of benzene rings is 1. The van der Waals surface area contributed by atoms with E-state index in [9.17, 15) is 9.90 Å². The van der Waals surface area contributed by atoms with Crippen LogP contribution in [0.2, 0.25) is 0 Å². The van der Waals surface area contributed by atoms with Crippen LogP contribution in [0.5, 0.6) is 0 Å². The van der Waals surface area contributed by atoms with Gasteiger partial charge < -0.3 is 10.4 Å². The quantitative estimate of drug-likeness (QED) is 0.910. The summed E-state index contributed by atoms with van der Waals surface area (Å²) in [5.41, 5.74) is 0.675. The van der Waals surface area contributed by atoms with E-state index >= 15 is 0 Å². The molecule has 116 valence electrons. The van der Waals surface area contributed by atoms with E-state index < -0.39 is 5.60 Å². The standard InChI is InChI=1S/C17H21N3O2/c21-16(18-13-17(22)8-2-1-3-9-17)14-6-4-7-15(12-14)20-11-5-10-19-20/h4-7,10-12,22H,1-3,8-9,13H2,(H,18,21). The van der Waals surface area contributed by atoms with Gasteiger partial charge in [-0.1, -0.05) is 25.3 Å². The van der Waals surface area contributed by atoms with E-state index in [1.807, 2.05) is 24.4 Å². The van der Waals surface area contributed by atoms with Gasteiger partial charge in [0.2, 0.25) is 0 Å². The van der Waals surface area contributed by atoms with Crippen LogP contribution in [0, 0.1) is 0 Å². The van der Waals surface area contributed by atoms with Crippen molar-refractivity contribution in [1.29, 1.82) is 0 Å². The highest BCUT2D eigenvalue weighted by Gasteiger charge is 2.29. The van der Waals surface area contributed by atoms with Gasteiger partial charge in [0, 0.05) is 24.5 Å². The summed E-state index contributed by atoms with van der Waals surface area (Å²) in [6, 6.07) is 9.14. The predicted molar refractivity (Wildman–Crippen MR) is 83.9 cm³/mol. The SMILES string of the molecule is O=C(NCC1(O)CCCCC1)c1cccc(-n2cccn2)c1. The zero-order valence-electron chi connectivity index (χ0n) is 12.5. The molecular weight excluding hydrogens is 278 g/mol. The molecule has 1 amide bonds. The fraction of sp³-hybridized carbons (Fsp3) is 0.412. The second-order valence-corrected chi connectivity index (χ2v) is 5.97. The molecule has 0 saturated heterocycles. The highest BCUT2D eigenvalue weighted by atomic mass is 16.3. The molecular formula is C17H21N3O2. The van der Waals surface area contributed by atoms with Crippen molar-refractivity contribution in [2.45, 2.75) is 37.7 Å². The van der Waals surface area contributed by atoms with Crippen molar-refractivity contribution in [2.75, 3.05) is 6.54 Å². The average Bonchev–Trinajstić information content (AvgIpc) is 3.08. The Balaban J connectivity index is 1.66. The number of amides is 1. The van der Waals surface area contributed by atoms with Gasteiger partial charge in [0.25, 0.3) is 5.91 Å². The van der Waals surface area contributed by atoms with Crippen LogP contribution < -0.4 is 5.32 Å². The molecule has 0 spiro atoms. The first-order valence-electron chi connectivity index (χ1n) is 7.77. The molecule has 1 aliphatic rings. The molecule has 0 radical (unpaired) electrons. The van der Waals surface area contributed by atoms with Crippen molar-refractivity contribution in [3.8, 4) is 5.69 Å². The number of nitrogens with one attached hydrogen (secondary N) is 1. The number of aromatic nitrogens is 2. The van der Waals surface area contributed by atoms with Crippen molar-refractivity contribution in [2.24, 2.45) is 0 Å². The molecule has 2 aromatic rings. The molecule has 0 unspecified atom stereocenters. The minimum Gasteiger partial charge on any atom is -0.388 e. The summed E-state index contributed by atoms with van der Waals surface area (Å²) < 4.78 is 1.71. The molecule has 1 aromatic carbocycles. The normalized spacial score (nSPS) is 17.1. The number of rotatable bonds is 4. The van der Waals surface area contributed by atoms with Gasteiger partial charge in [-0.3, -0.25) is 4.79 Å². The number of carbonyl (C=O) groups is 1. The van der Waals surface area contributed by atoms with Crippen LogP contribution in [0.1, 0.15) is 42.5 Å². The van der Waals surface area contributed by atoms with Crippen LogP contribution >= 0.6 is 0 Å². The fourth-order valence-corrected chi connectivity index (χ4v) is 2.94. The summed E-state index contributed by atoms with van der Waals surface area (Å²) in [6.45, 7) is 0.317. The molecule has 5 nitrogen and oxygen atoms in total. The number of carbonyl (C=O) groups excluding carboxylic acids is 1. The Labute approximate surface area is 130 Å². The summed E-state index contributed by atoms with van der Waals surface area (Å²) in [4.78, 5) is 12.3. The maximum Gasteiger partial charge on any atom is 0.251 e. The highest BCUT2D eigenvalue weighted by molar-refractivity contribution is 5.94. The smallest absolute Gasteiger partial charge is 0.251 e. The topological polar surface area (TPSA) is 67.2 Å². The lowest BCUT2D eigenvalue weighted by Crippen LogP contribution is -2.44. The molecule has 1 heterocycles. The molecule has 1 fully saturated rings. The molecule has 5 heteroatoms. The van der Waals surface area contributed by atoms with E-state index in [-0.39, 0.29) is 5.91 Å². The third kappa shape index (κ3) is 3.36. The molecule has 22 heavy (non-hydrogen) atoms. The van der Waals surface area contributed by atoms with Crippen LogP contribution in [0.3, 0.4) is 0 Å². The Bertz CT molecular complexity index is 631. The molecule has 1 saturated carbocycles. The molecule has 2 N–H and O–H groups in total. The first-order valence-corrected chi connectivity index (χ1v) is 7.77. The van der Waals surface area contributed by atoms with Crippen LogP contribution in [0.4, 0.5) is 0 Å². The first-order chi connectivity index (χ1) is 10.7. The summed E-state index contributed by atoms with van der Waals surface area (Å²) in [5, 5.41) is 17.5. The third-order valence-corrected chi connectivity index (χ3v) is 4.24. The maximum absolute atomic E-state index is 12.3. The van der Waals surface area contributed by atoms with Crippen molar-refractivity contribution in [1.82, 2.24) is 15.1 Å². The minimum absolute atomic E-state index is 0.159. The first kappa shape index (κ1) is 14.8. The summed E-state index contributed by atoms with van der Waals surface area (Å²) in [5.74, 6) is -0.159. The zero-order valence-corrected chi connectivity index (χ0v) is 12.5. The van der Waals surface area contributed by atoms with Crippen LogP contribution in [-0.4, -0.2) is 32.9 Å². The van der Waals surface area contributed by atoms with E-state index in [2.05, 4.69) is 10.4 Å². The Hall–Kier alpha value is -2.14. The van der Waals surface area contributed by atoms with Crippen LogP contribution in [0.15, 0.2) is 42.7 Å². The van der Waals surface area contributed by atoms with Gasteiger partial charge >= 0.3 is 0 Å². The molecule has 3 rings (SSSR count). The lowest BCUT2D eigenvalue weighted by Gasteiger charge is -2.32. The number of hydrogen-bond acceptors (Lipinski definition) is 3. The summed E-state index contributed by atoms with van der Waals surface area (Å²) >= 11 is 0. The third-order valence-electron chi connectivity index (χ3n) is 4.24. The zero-order chi connectivity index (χ0) is 15.4.